The number of benzene rings is 1. The van der Waals surface area contributed by atoms with Crippen molar-refractivity contribution >= 4 is 16.8 Å². The van der Waals surface area contributed by atoms with Gasteiger partial charge in [-0.2, -0.15) is 0 Å². The monoisotopic (exact) mass is 313 g/mol. The average Bonchev–Trinajstić information content (AvgIpc) is 2.86. The summed E-state index contributed by atoms with van der Waals surface area (Å²) in [6.45, 7) is 4.26. The minimum Gasteiger partial charge on any atom is -0.391 e. The fourth-order valence-corrected chi connectivity index (χ4v) is 3.12. The Morgan fingerprint density at radius 2 is 2.04 bits per heavy atom. The normalized spacial score (nSPS) is 21.8. The number of aromatic nitrogens is 1. The molecule has 0 bridgehead atoms. The Kier molecular flexibility index (Phi) is 4.08. The molecule has 1 amide bonds. The van der Waals surface area contributed by atoms with Crippen molar-refractivity contribution in [3.8, 4) is 0 Å². The number of rotatable bonds is 3. The molecule has 23 heavy (non-hydrogen) atoms. The summed E-state index contributed by atoms with van der Waals surface area (Å²) in [6.07, 6.45) is 0.121. The highest BCUT2D eigenvalue weighted by molar-refractivity contribution is 5.85. The third-order valence-corrected chi connectivity index (χ3v) is 4.37. The number of carbonyl (C=O) groups excluding carboxylic acids is 1. The lowest BCUT2D eigenvalue weighted by Crippen LogP contribution is -2.50. The maximum atomic E-state index is 12.3. The van der Waals surface area contributed by atoms with Gasteiger partial charge in [0.2, 0.25) is 5.91 Å². The van der Waals surface area contributed by atoms with Gasteiger partial charge in [-0.15, -0.1) is 0 Å². The Balaban J connectivity index is 1.73. The third kappa shape index (κ3) is 3.35. The molecule has 0 aliphatic carbocycles. The van der Waals surface area contributed by atoms with Crippen LogP contribution in [0.1, 0.15) is 19.5 Å². The molecule has 0 unspecified atom stereocenters. The van der Waals surface area contributed by atoms with Gasteiger partial charge in [0.1, 0.15) is 0 Å². The zero-order chi connectivity index (χ0) is 16.6. The van der Waals surface area contributed by atoms with Crippen molar-refractivity contribution in [2.24, 2.45) is 11.7 Å². The molecule has 1 fully saturated rings. The number of nitrogens with two attached hydrogens (primary N) is 1. The minimum atomic E-state index is -0.907. The maximum absolute atomic E-state index is 12.3. The van der Waals surface area contributed by atoms with Gasteiger partial charge in [-0.3, -0.25) is 9.78 Å². The number of aliphatic hydroxyl groups excluding tert-OH is 1. The van der Waals surface area contributed by atoms with E-state index in [2.05, 4.69) is 4.98 Å². The second-order valence-corrected chi connectivity index (χ2v) is 6.96. The van der Waals surface area contributed by atoms with E-state index in [9.17, 15) is 9.90 Å². The van der Waals surface area contributed by atoms with Gasteiger partial charge in [0.15, 0.2) is 0 Å². The topological polar surface area (TPSA) is 79.5 Å². The van der Waals surface area contributed by atoms with E-state index in [4.69, 9.17) is 5.73 Å². The molecule has 2 aromatic rings. The highest BCUT2D eigenvalue weighted by Crippen LogP contribution is 2.23. The Bertz CT molecular complexity index is 724. The predicted octanol–water partition coefficient (Wildman–Crippen LogP) is 1.33. The first kappa shape index (κ1) is 15.9. The van der Waals surface area contributed by atoms with Crippen molar-refractivity contribution in [3.05, 3.63) is 42.1 Å². The lowest BCUT2D eigenvalue weighted by Gasteiger charge is -2.25. The van der Waals surface area contributed by atoms with E-state index in [-0.39, 0.29) is 11.8 Å². The van der Waals surface area contributed by atoms with Crippen LogP contribution in [0.2, 0.25) is 0 Å². The minimum absolute atomic E-state index is 0.00466. The summed E-state index contributed by atoms with van der Waals surface area (Å²) < 4.78 is 0. The molecular formula is C18H23N3O2. The van der Waals surface area contributed by atoms with E-state index >= 15 is 0 Å². The Morgan fingerprint density at radius 1 is 1.30 bits per heavy atom. The number of amides is 1. The van der Waals surface area contributed by atoms with Gasteiger partial charge in [-0.1, -0.05) is 24.3 Å². The van der Waals surface area contributed by atoms with Crippen LogP contribution in [0.5, 0.6) is 0 Å². The van der Waals surface area contributed by atoms with Crippen LogP contribution in [-0.2, 0) is 11.2 Å². The number of fused-ring (bicyclic) bond motifs is 1. The number of para-hydroxylation sites is 1. The second-order valence-electron chi connectivity index (χ2n) is 6.96. The zero-order valence-corrected chi connectivity index (χ0v) is 13.6. The number of hydrogen-bond acceptors (Lipinski definition) is 4. The molecule has 122 valence electrons. The smallest absolute Gasteiger partial charge is 0.242 e. The summed E-state index contributed by atoms with van der Waals surface area (Å²) in [6, 6.07) is 12.0. The largest absolute Gasteiger partial charge is 0.391 e. The second kappa shape index (κ2) is 5.91. The molecule has 0 spiro atoms. The van der Waals surface area contributed by atoms with Crippen LogP contribution in [0.25, 0.3) is 10.9 Å². The van der Waals surface area contributed by atoms with Crippen LogP contribution in [0.4, 0.5) is 0 Å². The van der Waals surface area contributed by atoms with Crippen LogP contribution in [0, 0.1) is 5.92 Å². The third-order valence-electron chi connectivity index (χ3n) is 4.37. The molecule has 1 aliphatic rings. The van der Waals surface area contributed by atoms with Crippen LogP contribution in [0.15, 0.2) is 36.4 Å². The van der Waals surface area contributed by atoms with Gasteiger partial charge >= 0.3 is 0 Å². The predicted molar refractivity (Wildman–Crippen MR) is 89.8 cm³/mol. The average molecular weight is 313 g/mol. The molecule has 1 aliphatic heterocycles. The van der Waals surface area contributed by atoms with Gasteiger partial charge in [0.25, 0.3) is 0 Å². The van der Waals surface area contributed by atoms with Crippen molar-refractivity contribution in [3.63, 3.8) is 0 Å². The van der Waals surface area contributed by atoms with Gasteiger partial charge in [-0.25, -0.2) is 0 Å². The quantitative estimate of drug-likeness (QED) is 0.896. The van der Waals surface area contributed by atoms with Gasteiger partial charge < -0.3 is 15.7 Å². The number of hydrogen-bond donors (Lipinski definition) is 2. The lowest BCUT2D eigenvalue weighted by molar-refractivity contribution is -0.135. The summed E-state index contributed by atoms with van der Waals surface area (Å²) >= 11 is 0. The first-order valence-corrected chi connectivity index (χ1v) is 7.95. The van der Waals surface area contributed by atoms with Crippen LogP contribution < -0.4 is 5.73 Å². The molecule has 1 saturated heterocycles. The standard InChI is InChI=1S/C18H23N3O2/c1-18(2,19)17(23)21-10-13(16(22)11-21)9-14-8-7-12-5-3-4-6-15(12)20-14/h3-8,13,16,22H,9-11,19H2,1-2H3/t13-,16-/m1/s1. The fraction of sp³-hybridized carbons (Fsp3) is 0.444. The Morgan fingerprint density at radius 3 is 2.78 bits per heavy atom. The molecular weight excluding hydrogens is 290 g/mol. The Labute approximate surface area is 136 Å². The number of aliphatic hydroxyl groups is 1. The van der Waals surface area contributed by atoms with Crippen LogP contribution in [0.3, 0.4) is 0 Å². The summed E-state index contributed by atoms with van der Waals surface area (Å²) in [7, 11) is 0. The van der Waals surface area contributed by atoms with E-state index in [1.54, 1.807) is 18.7 Å². The number of β-amino-alcohol motifs (C(OH)–C–C–N with tert-alkyl or cyclic N) is 1. The van der Waals surface area contributed by atoms with Crippen molar-refractivity contribution in [2.45, 2.75) is 31.9 Å². The summed E-state index contributed by atoms with van der Waals surface area (Å²) in [5.41, 5.74) is 6.86. The Hall–Kier alpha value is -1.98. The molecule has 3 N–H and O–H groups in total. The highest BCUT2D eigenvalue weighted by Gasteiger charge is 2.38. The molecule has 2 atom stereocenters. The number of likely N-dealkylation sites (tertiary alicyclic amines) is 1. The molecule has 0 saturated carbocycles. The van der Waals surface area contributed by atoms with E-state index < -0.39 is 11.6 Å². The molecule has 3 rings (SSSR count). The number of nitrogens with zero attached hydrogens (tertiary/aromatic N) is 2. The molecule has 5 nitrogen and oxygen atoms in total. The van der Waals surface area contributed by atoms with Crippen molar-refractivity contribution in [2.75, 3.05) is 13.1 Å². The SMILES string of the molecule is CC(C)(N)C(=O)N1C[C@@H](Cc2ccc3ccccc3n2)[C@H](O)C1. The molecule has 0 radical (unpaired) electrons. The first-order valence-electron chi connectivity index (χ1n) is 7.95. The number of pyridine rings is 1. The summed E-state index contributed by atoms with van der Waals surface area (Å²) in [4.78, 5) is 18.6. The summed E-state index contributed by atoms with van der Waals surface area (Å²) in [5.74, 6) is -0.125. The van der Waals surface area contributed by atoms with Crippen molar-refractivity contribution < 1.29 is 9.90 Å². The van der Waals surface area contributed by atoms with Gasteiger partial charge in [0.05, 0.1) is 17.2 Å². The fourth-order valence-electron chi connectivity index (χ4n) is 3.12. The molecule has 5 heteroatoms. The van der Waals surface area contributed by atoms with E-state index in [0.717, 1.165) is 16.6 Å². The lowest BCUT2D eigenvalue weighted by atomic mass is 9.99. The summed E-state index contributed by atoms with van der Waals surface area (Å²) in [5, 5.41) is 11.4. The molecule has 1 aromatic carbocycles. The van der Waals surface area contributed by atoms with E-state index in [1.807, 2.05) is 36.4 Å². The van der Waals surface area contributed by atoms with E-state index in [1.165, 1.54) is 0 Å². The molecule has 1 aromatic heterocycles. The highest BCUT2D eigenvalue weighted by atomic mass is 16.3. The van der Waals surface area contributed by atoms with Crippen LogP contribution >= 0.6 is 0 Å². The maximum Gasteiger partial charge on any atom is 0.242 e. The first-order chi connectivity index (χ1) is 10.8. The van der Waals surface area contributed by atoms with Gasteiger partial charge in [0, 0.05) is 30.1 Å². The number of carbonyl (C=O) groups is 1. The van der Waals surface area contributed by atoms with Crippen molar-refractivity contribution in [1.82, 2.24) is 9.88 Å². The van der Waals surface area contributed by atoms with Crippen molar-refractivity contribution in [1.29, 1.82) is 0 Å². The van der Waals surface area contributed by atoms with Gasteiger partial charge in [-0.05, 0) is 32.4 Å². The van der Waals surface area contributed by atoms with Crippen LogP contribution in [-0.4, -0.2) is 45.6 Å². The molecule has 2 heterocycles. The van der Waals surface area contributed by atoms with E-state index in [0.29, 0.717) is 19.5 Å². The zero-order valence-electron chi connectivity index (χ0n) is 13.6.